The van der Waals surface area contributed by atoms with Gasteiger partial charge in [-0.15, -0.1) is 0 Å². The summed E-state index contributed by atoms with van der Waals surface area (Å²) in [6, 6.07) is 10.3. The van der Waals surface area contributed by atoms with Crippen molar-refractivity contribution in [3.8, 4) is 0 Å². The van der Waals surface area contributed by atoms with Crippen LogP contribution in [0.3, 0.4) is 0 Å². The van der Waals surface area contributed by atoms with E-state index in [9.17, 15) is 18.0 Å². The number of piperidine rings is 1. The lowest BCUT2D eigenvalue weighted by molar-refractivity contribution is -0.141. The summed E-state index contributed by atoms with van der Waals surface area (Å²) in [7, 11) is 0. The number of pyridine rings is 1. The van der Waals surface area contributed by atoms with E-state index in [2.05, 4.69) is 11.1 Å². The van der Waals surface area contributed by atoms with Gasteiger partial charge in [0.2, 0.25) is 0 Å². The predicted molar refractivity (Wildman–Crippen MR) is 81.4 cm³/mol. The van der Waals surface area contributed by atoms with E-state index in [1.807, 2.05) is 18.2 Å². The largest absolute Gasteiger partial charge is 0.434 e. The third-order valence-corrected chi connectivity index (χ3v) is 4.94. The third-order valence-electron chi connectivity index (χ3n) is 4.94. The topological polar surface area (TPSA) is 33.2 Å². The molecular formula is C18H15F3N2O. The molecule has 1 aliphatic carbocycles. The molecule has 24 heavy (non-hydrogen) atoms. The molecule has 0 spiro atoms. The van der Waals surface area contributed by atoms with Gasteiger partial charge in [0.05, 0.1) is 11.6 Å². The lowest BCUT2D eigenvalue weighted by atomic mass is 9.74. The summed E-state index contributed by atoms with van der Waals surface area (Å²) in [5, 5.41) is 0. The average molecular weight is 332 g/mol. The second kappa shape index (κ2) is 5.33. The zero-order chi connectivity index (χ0) is 16.9. The molecule has 1 amide bonds. The Morgan fingerprint density at radius 3 is 2.58 bits per heavy atom. The zero-order valence-electron chi connectivity index (χ0n) is 12.8. The molecule has 2 bridgehead atoms. The second-order valence-corrected chi connectivity index (χ2v) is 6.27. The number of amides is 1. The number of benzene rings is 1. The normalized spacial score (nSPS) is 22.4. The SMILES string of the molecule is O=C(c1cccnc1C(F)(F)F)N1C[C@@H]2CC[C@H]1c1ccccc12. The van der Waals surface area contributed by atoms with Crippen LogP contribution in [0.5, 0.6) is 0 Å². The van der Waals surface area contributed by atoms with Gasteiger partial charge in [-0.1, -0.05) is 24.3 Å². The number of hydrogen-bond acceptors (Lipinski definition) is 2. The van der Waals surface area contributed by atoms with E-state index in [-0.39, 0.29) is 17.5 Å². The molecule has 0 N–H and O–H groups in total. The first-order chi connectivity index (χ1) is 11.5. The van der Waals surface area contributed by atoms with Crippen molar-refractivity contribution in [2.45, 2.75) is 31.0 Å². The fraction of sp³-hybridized carbons (Fsp3) is 0.333. The molecule has 1 fully saturated rings. The van der Waals surface area contributed by atoms with Crippen molar-refractivity contribution in [3.05, 3.63) is 65.0 Å². The maximum Gasteiger partial charge on any atom is 0.434 e. The Morgan fingerprint density at radius 1 is 1.08 bits per heavy atom. The minimum Gasteiger partial charge on any atom is -0.331 e. The summed E-state index contributed by atoms with van der Waals surface area (Å²) in [4.78, 5) is 17.8. The molecule has 1 saturated heterocycles. The van der Waals surface area contributed by atoms with Crippen LogP contribution in [0.1, 0.15) is 52.0 Å². The van der Waals surface area contributed by atoms with E-state index >= 15 is 0 Å². The number of carbonyl (C=O) groups excluding carboxylic acids is 1. The molecular weight excluding hydrogens is 317 g/mol. The highest BCUT2D eigenvalue weighted by Crippen LogP contribution is 2.47. The maximum atomic E-state index is 13.2. The van der Waals surface area contributed by atoms with E-state index in [4.69, 9.17) is 0 Å². The van der Waals surface area contributed by atoms with Gasteiger partial charge in [-0.25, -0.2) is 0 Å². The van der Waals surface area contributed by atoms with Crippen LogP contribution >= 0.6 is 0 Å². The van der Waals surface area contributed by atoms with Gasteiger partial charge in [0.1, 0.15) is 0 Å². The minimum absolute atomic E-state index is 0.153. The van der Waals surface area contributed by atoms with Crippen molar-refractivity contribution in [3.63, 3.8) is 0 Å². The van der Waals surface area contributed by atoms with Crippen LogP contribution in [-0.4, -0.2) is 22.3 Å². The van der Waals surface area contributed by atoms with Crippen LogP contribution in [-0.2, 0) is 6.18 Å². The molecule has 3 nitrogen and oxygen atoms in total. The van der Waals surface area contributed by atoms with E-state index in [1.54, 1.807) is 4.90 Å². The Kier molecular flexibility index (Phi) is 3.37. The average Bonchev–Trinajstić information content (AvgIpc) is 2.61. The summed E-state index contributed by atoms with van der Waals surface area (Å²) in [5.74, 6) is -0.388. The van der Waals surface area contributed by atoms with Crippen LogP contribution in [0.25, 0.3) is 0 Å². The van der Waals surface area contributed by atoms with Gasteiger partial charge in [-0.2, -0.15) is 13.2 Å². The number of aromatic nitrogens is 1. The third kappa shape index (κ3) is 2.28. The molecule has 0 unspecified atom stereocenters. The van der Waals surface area contributed by atoms with Gasteiger partial charge in [-0.05, 0) is 36.1 Å². The molecule has 0 radical (unpaired) electrons. The summed E-state index contributed by atoms with van der Waals surface area (Å²) >= 11 is 0. The number of alkyl halides is 3. The number of hydrogen-bond donors (Lipinski definition) is 0. The number of carbonyl (C=O) groups is 1. The van der Waals surface area contributed by atoms with Crippen molar-refractivity contribution >= 4 is 5.91 Å². The first kappa shape index (κ1) is 15.2. The van der Waals surface area contributed by atoms with Crippen LogP contribution in [0.2, 0.25) is 0 Å². The van der Waals surface area contributed by atoms with Crippen molar-refractivity contribution in [2.75, 3.05) is 6.54 Å². The van der Waals surface area contributed by atoms with Crippen LogP contribution in [0, 0.1) is 0 Å². The zero-order valence-corrected chi connectivity index (χ0v) is 12.8. The lowest BCUT2D eigenvalue weighted by Crippen LogP contribution is -2.46. The van der Waals surface area contributed by atoms with Gasteiger partial charge in [0.15, 0.2) is 5.69 Å². The predicted octanol–water partition coefficient (Wildman–Crippen LogP) is 4.17. The molecule has 1 aromatic carbocycles. The fourth-order valence-corrected chi connectivity index (χ4v) is 3.92. The number of halogens is 3. The lowest BCUT2D eigenvalue weighted by Gasteiger charge is -2.46. The van der Waals surface area contributed by atoms with Crippen molar-refractivity contribution in [1.82, 2.24) is 9.88 Å². The molecule has 3 aliphatic rings. The molecule has 3 heterocycles. The number of fused-ring (bicyclic) bond motifs is 2. The quantitative estimate of drug-likeness (QED) is 0.785. The molecule has 2 aromatic rings. The monoisotopic (exact) mass is 332 g/mol. The summed E-state index contributed by atoms with van der Waals surface area (Å²) < 4.78 is 39.5. The van der Waals surface area contributed by atoms with E-state index in [0.717, 1.165) is 24.6 Å². The summed E-state index contributed by atoms with van der Waals surface area (Å²) in [6.07, 6.45) is -1.82. The Hall–Kier alpha value is -2.37. The molecule has 1 aromatic heterocycles. The van der Waals surface area contributed by atoms with Gasteiger partial charge < -0.3 is 4.90 Å². The van der Waals surface area contributed by atoms with E-state index < -0.39 is 17.8 Å². The Balaban J connectivity index is 1.73. The van der Waals surface area contributed by atoms with Gasteiger partial charge in [0, 0.05) is 18.7 Å². The molecule has 2 aliphatic heterocycles. The maximum absolute atomic E-state index is 13.2. The van der Waals surface area contributed by atoms with Crippen molar-refractivity contribution in [1.29, 1.82) is 0 Å². The first-order valence-corrected chi connectivity index (χ1v) is 7.89. The highest BCUT2D eigenvalue weighted by atomic mass is 19.4. The van der Waals surface area contributed by atoms with Gasteiger partial charge in [-0.3, -0.25) is 9.78 Å². The number of nitrogens with zero attached hydrogens (tertiary/aromatic N) is 2. The highest BCUT2D eigenvalue weighted by molar-refractivity contribution is 5.96. The van der Waals surface area contributed by atoms with Crippen molar-refractivity contribution < 1.29 is 18.0 Å². The molecule has 6 heteroatoms. The van der Waals surface area contributed by atoms with Gasteiger partial charge >= 0.3 is 6.18 Å². The van der Waals surface area contributed by atoms with Crippen LogP contribution in [0.15, 0.2) is 42.6 Å². The van der Waals surface area contributed by atoms with E-state index in [0.29, 0.717) is 6.54 Å². The molecule has 2 atom stereocenters. The van der Waals surface area contributed by atoms with Gasteiger partial charge in [0.25, 0.3) is 5.91 Å². The van der Waals surface area contributed by atoms with E-state index in [1.165, 1.54) is 17.7 Å². The molecule has 0 saturated carbocycles. The highest BCUT2D eigenvalue weighted by Gasteiger charge is 2.43. The standard InChI is InChI=1S/C18H15F3N2O/c19-18(20,21)16-14(6-3-9-22-16)17(24)23-10-11-7-8-15(23)13-5-2-1-4-12(11)13/h1-6,9,11,15H,7-8,10H2/t11-,15-/m0/s1. The molecule has 124 valence electrons. The van der Waals surface area contributed by atoms with Crippen LogP contribution < -0.4 is 0 Å². The van der Waals surface area contributed by atoms with Crippen LogP contribution in [0.4, 0.5) is 13.2 Å². The molecule has 5 rings (SSSR count). The first-order valence-electron chi connectivity index (χ1n) is 7.89. The smallest absolute Gasteiger partial charge is 0.331 e. The Labute approximate surface area is 137 Å². The summed E-state index contributed by atoms with van der Waals surface area (Å²) in [6.45, 7) is 0.465. The number of rotatable bonds is 1. The van der Waals surface area contributed by atoms with Crippen molar-refractivity contribution in [2.24, 2.45) is 0 Å². The second-order valence-electron chi connectivity index (χ2n) is 6.27. The Morgan fingerprint density at radius 2 is 1.83 bits per heavy atom. The minimum atomic E-state index is -4.64. The summed E-state index contributed by atoms with van der Waals surface area (Å²) in [5.41, 5.74) is 0.811. The fourth-order valence-electron chi connectivity index (χ4n) is 3.92. The Bertz CT molecular complexity index is 803.